The van der Waals surface area contributed by atoms with E-state index in [9.17, 15) is 35.4 Å². The molecule has 0 unspecified atom stereocenters. The Hall–Kier alpha value is -1.23. The van der Waals surface area contributed by atoms with Crippen LogP contribution in [0, 0.1) is 35.0 Å². The molecule has 13 nitrogen and oxygen atoms in total. The van der Waals surface area contributed by atoms with Gasteiger partial charge in [0, 0.05) is 18.6 Å². The van der Waals surface area contributed by atoms with Gasteiger partial charge in [-0.1, -0.05) is 6.92 Å². The standard InChI is InChI=1S/C35H54O13/c1-16-30(48-32-28(40)27(39)26(38)24(14-36)47-32)31(43-3)29(41)33(45-16)46-19-5-6-20-17(12-19)4-7-23-21(20)8-10-34(2)22(9-11-35(23,34)42)18-13-25(37)44-15-18/h13,16-17,19-24,26-33,36,38-42H,4-12,14-15H2,1-3H3/t16-,17+,19-,20-,21+,22+,23+,24-,26-,27+,28-,29-,30-,31-,32+,33-,34+,35-/m0/s1. The maximum absolute atomic E-state index is 12.4. The predicted octanol–water partition coefficient (Wildman–Crippen LogP) is 0.544. The molecule has 7 aliphatic rings. The van der Waals surface area contributed by atoms with Crippen LogP contribution in [0.3, 0.4) is 0 Å². The minimum Gasteiger partial charge on any atom is -0.458 e. The lowest BCUT2D eigenvalue weighted by molar-refractivity contribution is -0.361. The molecule has 6 N–H and O–H groups in total. The third kappa shape index (κ3) is 5.69. The zero-order chi connectivity index (χ0) is 34.1. The average Bonchev–Trinajstić information content (AvgIpc) is 3.62. The van der Waals surface area contributed by atoms with E-state index >= 15 is 0 Å². The molecule has 0 bridgehead atoms. The normalized spacial score (nSPS) is 53.8. The van der Waals surface area contributed by atoms with Crippen molar-refractivity contribution in [2.75, 3.05) is 20.3 Å². The van der Waals surface area contributed by atoms with Crippen LogP contribution in [-0.2, 0) is 33.2 Å². The summed E-state index contributed by atoms with van der Waals surface area (Å²) >= 11 is 0. The number of methoxy groups -OCH3 is 1. The fourth-order valence-electron chi connectivity index (χ4n) is 11.2. The molecule has 13 heteroatoms. The minimum atomic E-state index is -1.60. The molecule has 0 radical (unpaired) electrons. The highest BCUT2D eigenvalue weighted by Gasteiger charge is 2.66. The van der Waals surface area contributed by atoms with Gasteiger partial charge >= 0.3 is 5.97 Å². The number of aliphatic hydroxyl groups excluding tert-OH is 5. The summed E-state index contributed by atoms with van der Waals surface area (Å²) in [7, 11) is 1.43. The molecule has 48 heavy (non-hydrogen) atoms. The third-order valence-corrected chi connectivity index (χ3v) is 13.7. The van der Waals surface area contributed by atoms with E-state index in [1.54, 1.807) is 13.0 Å². The van der Waals surface area contributed by atoms with Gasteiger partial charge in [0.2, 0.25) is 0 Å². The van der Waals surface area contributed by atoms with Crippen molar-refractivity contribution >= 4 is 5.97 Å². The largest absolute Gasteiger partial charge is 0.458 e. The Bertz CT molecular complexity index is 1210. The SMILES string of the molecule is CO[C@H]1[C@H](O)[C@H](O[C@H]2CC[C@H]3[C@H](CC[C@@H]4[C@@H]3CC[C@]3(C)[C@@H](C5=CC(=O)OC5)CC[C@]43O)C2)O[C@@H](C)[C@@H]1O[C@H]1O[C@@H](CO)[C@H](O)[C@@H](O)[C@@H]1O. The van der Waals surface area contributed by atoms with E-state index in [1.165, 1.54) is 7.11 Å². The lowest BCUT2D eigenvalue weighted by atomic mass is 9.47. The van der Waals surface area contributed by atoms with E-state index in [2.05, 4.69) is 6.92 Å². The first-order valence-electron chi connectivity index (χ1n) is 18.0. The number of ether oxygens (including phenoxy) is 6. The Morgan fingerprint density at radius 3 is 2.35 bits per heavy atom. The van der Waals surface area contributed by atoms with Gasteiger partial charge in [-0.05, 0) is 99.9 Å². The van der Waals surface area contributed by atoms with Crippen molar-refractivity contribution in [2.24, 2.45) is 35.0 Å². The van der Waals surface area contributed by atoms with Crippen molar-refractivity contribution in [1.29, 1.82) is 0 Å². The number of hydrogen-bond donors (Lipinski definition) is 6. The third-order valence-electron chi connectivity index (χ3n) is 13.7. The Labute approximate surface area is 281 Å². The van der Waals surface area contributed by atoms with Crippen LogP contribution in [0.15, 0.2) is 11.6 Å². The second-order valence-electron chi connectivity index (χ2n) is 15.8. The summed E-state index contributed by atoms with van der Waals surface area (Å²) in [6, 6.07) is 0. The van der Waals surface area contributed by atoms with Gasteiger partial charge in [0.1, 0.15) is 49.3 Å². The van der Waals surface area contributed by atoms with Gasteiger partial charge in [-0.25, -0.2) is 4.79 Å². The molecular weight excluding hydrogens is 628 g/mol. The fraction of sp³-hybridized carbons (Fsp3) is 0.914. The highest BCUT2D eigenvalue weighted by Crippen LogP contribution is 2.67. The number of esters is 1. The summed E-state index contributed by atoms with van der Waals surface area (Å²) < 4.78 is 35.0. The maximum atomic E-state index is 12.4. The van der Waals surface area contributed by atoms with Crippen LogP contribution in [0.25, 0.3) is 0 Å². The quantitative estimate of drug-likeness (QED) is 0.161. The minimum absolute atomic E-state index is 0.116. The smallest absolute Gasteiger partial charge is 0.331 e. The van der Waals surface area contributed by atoms with Crippen molar-refractivity contribution in [3.8, 4) is 0 Å². The zero-order valence-electron chi connectivity index (χ0n) is 28.1. The molecule has 0 aromatic heterocycles. The zero-order valence-corrected chi connectivity index (χ0v) is 28.1. The second kappa shape index (κ2) is 13.4. The number of fused-ring (bicyclic) bond motifs is 5. The molecule has 0 spiro atoms. The van der Waals surface area contributed by atoms with E-state index in [1.807, 2.05) is 0 Å². The Kier molecular flexibility index (Phi) is 9.82. The monoisotopic (exact) mass is 682 g/mol. The molecule has 0 aromatic rings. The van der Waals surface area contributed by atoms with Crippen molar-refractivity contribution in [3.63, 3.8) is 0 Å². The summed E-state index contributed by atoms with van der Waals surface area (Å²) in [6.07, 6.45) is -2.06. The van der Waals surface area contributed by atoms with Crippen molar-refractivity contribution < 1.29 is 63.9 Å². The van der Waals surface area contributed by atoms with Crippen LogP contribution in [0.2, 0.25) is 0 Å². The first kappa shape index (κ1) is 35.2. The molecule has 18 atom stereocenters. The van der Waals surface area contributed by atoms with Gasteiger partial charge < -0.3 is 59.1 Å². The van der Waals surface area contributed by atoms with E-state index in [-0.39, 0.29) is 29.3 Å². The van der Waals surface area contributed by atoms with Crippen molar-refractivity contribution in [1.82, 2.24) is 0 Å². The molecule has 0 aromatic carbocycles. The summed E-state index contributed by atoms with van der Waals surface area (Å²) in [5, 5.41) is 64.1. The fourth-order valence-corrected chi connectivity index (χ4v) is 11.2. The molecule has 272 valence electrons. The molecular formula is C35H54O13. The Morgan fingerprint density at radius 1 is 0.875 bits per heavy atom. The number of rotatable bonds is 7. The van der Waals surface area contributed by atoms with Gasteiger partial charge in [0.25, 0.3) is 0 Å². The van der Waals surface area contributed by atoms with Gasteiger partial charge in [0.15, 0.2) is 12.6 Å². The Morgan fingerprint density at radius 2 is 1.65 bits per heavy atom. The van der Waals surface area contributed by atoms with Gasteiger partial charge in [0.05, 0.1) is 24.4 Å². The summed E-state index contributed by atoms with van der Waals surface area (Å²) in [5.41, 5.74) is 0.0478. The number of aliphatic hydroxyl groups is 6. The highest BCUT2D eigenvalue weighted by molar-refractivity contribution is 5.85. The number of carbonyl (C=O) groups is 1. The molecule has 6 fully saturated rings. The molecule has 3 aliphatic heterocycles. The highest BCUT2D eigenvalue weighted by atomic mass is 16.7. The van der Waals surface area contributed by atoms with Crippen molar-refractivity contribution in [2.45, 2.75) is 145 Å². The molecule has 0 amide bonds. The van der Waals surface area contributed by atoms with Crippen LogP contribution >= 0.6 is 0 Å². The summed E-state index contributed by atoms with van der Waals surface area (Å²) in [6.45, 7) is 3.75. The number of carbonyl (C=O) groups excluding carboxylic acids is 1. The van der Waals surface area contributed by atoms with Crippen LogP contribution in [0.5, 0.6) is 0 Å². The summed E-state index contributed by atoms with van der Waals surface area (Å²) in [5.74, 6) is 1.57. The number of hydrogen-bond acceptors (Lipinski definition) is 13. The molecule has 7 rings (SSSR count). The first-order valence-corrected chi connectivity index (χ1v) is 18.0. The van der Waals surface area contributed by atoms with Crippen LogP contribution in [0.1, 0.15) is 71.6 Å². The molecule has 2 saturated heterocycles. The second-order valence-corrected chi connectivity index (χ2v) is 15.8. The van der Waals surface area contributed by atoms with E-state index < -0.39 is 73.6 Å². The van der Waals surface area contributed by atoms with E-state index in [4.69, 9.17) is 28.4 Å². The number of cyclic esters (lactones) is 1. The molecule has 4 aliphatic carbocycles. The lowest BCUT2D eigenvalue weighted by Gasteiger charge is -2.60. The predicted molar refractivity (Wildman–Crippen MR) is 166 cm³/mol. The van der Waals surface area contributed by atoms with Crippen LogP contribution in [-0.4, -0.2) is 130 Å². The average molecular weight is 683 g/mol. The van der Waals surface area contributed by atoms with Crippen molar-refractivity contribution in [3.05, 3.63) is 11.6 Å². The van der Waals surface area contributed by atoms with E-state index in [0.717, 1.165) is 63.4 Å². The summed E-state index contributed by atoms with van der Waals surface area (Å²) in [4.78, 5) is 11.9. The van der Waals surface area contributed by atoms with E-state index in [0.29, 0.717) is 24.4 Å². The first-order chi connectivity index (χ1) is 22.9. The van der Waals surface area contributed by atoms with Gasteiger partial charge in [-0.3, -0.25) is 0 Å². The van der Waals surface area contributed by atoms with Crippen LogP contribution in [0.4, 0.5) is 0 Å². The Balaban J connectivity index is 0.969. The van der Waals surface area contributed by atoms with Gasteiger partial charge in [-0.2, -0.15) is 0 Å². The van der Waals surface area contributed by atoms with Gasteiger partial charge in [-0.15, -0.1) is 0 Å². The van der Waals surface area contributed by atoms with Crippen LogP contribution < -0.4 is 0 Å². The maximum Gasteiger partial charge on any atom is 0.331 e. The topological polar surface area (TPSA) is 194 Å². The molecule has 3 heterocycles. The molecule has 4 saturated carbocycles. The lowest BCUT2D eigenvalue weighted by Crippen LogP contribution is -2.64.